The molecule has 7 rings (SSSR count). The molecule has 1 amide bonds. The number of nitrogens with zero attached hydrogens (tertiary/aromatic N) is 6. The maximum absolute atomic E-state index is 13.1. The van der Waals surface area contributed by atoms with E-state index in [0.717, 1.165) is 60.0 Å². The lowest BCUT2D eigenvalue weighted by atomic mass is 9.72. The lowest BCUT2D eigenvalue weighted by molar-refractivity contribution is -0.0283. The van der Waals surface area contributed by atoms with Crippen molar-refractivity contribution in [3.05, 3.63) is 94.4 Å². The van der Waals surface area contributed by atoms with E-state index in [1.54, 1.807) is 0 Å². The van der Waals surface area contributed by atoms with Gasteiger partial charge in [0.25, 0.3) is 5.91 Å². The molecular formula is C33H37ClN6O2. The zero-order valence-corrected chi connectivity index (χ0v) is 24.8. The summed E-state index contributed by atoms with van der Waals surface area (Å²) in [6.45, 7) is 5.44. The van der Waals surface area contributed by atoms with Crippen LogP contribution in [-0.4, -0.2) is 81.7 Å². The van der Waals surface area contributed by atoms with Crippen LogP contribution in [0.5, 0.6) is 0 Å². The average molecular weight is 585 g/mol. The highest BCUT2D eigenvalue weighted by atomic mass is 35.5. The maximum atomic E-state index is 13.1. The minimum atomic E-state index is -0.859. The molecule has 1 N–H and O–H groups in total. The number of hydrogen-bond acceptors (Lipinski definition) is 6. The number of carbonyl (C=O) groups excluding carboxylic acids is 1. The predicted octanol–water partition coefficient (Wildman–Crippen LogP) is 4.63. The van der Waals surface area contributed by atoms with Gasteiger partial charge in [0.1, 0.15) is 0 Å². The number of likely N-dealkylation sites (tertiary alicyclic amines) is 2. The van der Waals surface area contributed by atoms with E-state index in [1.807, 2.05) is 70.2 Å². The Hall–Kier alpha value is -3.46. The molecule has 3 aliphatic rings. The molecule has 0 saturated carbocycles. The number of halogens is 1. The van der Waals surface area contributed by atoms with Crippen LogP contribution in [0.25, 0.3) is 5.65 Å². The molecule has 2 aromatic carbocycles. The number of aliphatic hydroxyl groups is 1. The van der Waals surface area contributed by atoms with Crippen LogP contribution < -0.4 is 4.90 Å². The highest BCUT2D eigenvalue weighted by Gasteiger charge is 2.46. The first-order valence-corrected chi connectivity index (χ1v) is 15.3. The summed E-state index contributed by atoms with van der Waals surface area (Å²) in [6.07, 6.45) is 6.13. The molecule has 3 fully saturated rings. The number of rotatable bonds is 5. The fourth-order valence-electron chi connectivity index (χ4n) is 6.87. The van der Waals surface area contributed by atoms with Gasteiger partial charge >= 0.3 is 0 Å². The molecule has 9 heteroatoms. The number of anilines is 1. The number of aromatic nitrogens is 3. The quantitative estimate of drug-likeness (QED) is 0.369. The molecule has 0 aliphatic carbocycles. The summed E-state index contributed by atoms with van der Waals surface area (Å²) in [4.78, 5) is 24.7. The van der Waals surface area contributed by atoms with Crippen molar-refractivity contribution in [1.82, 2.24) is 24.4 Å². The number of pyridine rings is 1. The van der Waals surface area contributed by atoms with Gasteiger partial charge in [0, 0.05) is 54.8 Å². The Bertz CT molecular complexity index is 1580. The zero-order valence-electron chi connectivity index (χ0n) is 24.0. The van der Waals surface area contributed by atoms with Crippen LogP contribution in [0.1, 0.15) is 53.0 Å². The average Bonchev–Trinajstić information content (AvgIpc) is 3.40. The Morgan fingerprint density at radius 2 is 1.62 bits per heavy atom. The first kappa shape index (κ1) is 27.4. The number of piperidine rings is 2. The normalized spacial score (nSPS) is 20.2. The van der Waals surface area contributed by atoms with E-state index in [-0.39, 0.29) is 5.91 Å². The number of carbonyl (C=O) groups is 1. The molecule has 218 valence electrons. The van der Waals surface area contributed by atoms with Gasteiger partial charge in [-0.3, -0.25) is 4.79 Å². The SMILES string of the molecule is CN1CCC2(CC1)CN(C(=O)c1ccc(Cc3nc4c(N5CCC(O)(c6ccc(Cl)cc6)CC5)cccn4n3)cc1)C2. The number of benzene rings is 2. The van der Waals surface area contributed by atoms with Gasteiger partial charge in [-0.25, -0.2) is 9.50 Å². The molecule has 0 atom stereocenters. The second-order valence-corrected chi connectivity index (χ2v) is 13.0. The van der Waals surface area contributed by atoms with Crippen molar-refractivity contribution in [1.29, 1.82) is 0 Å². The summed E-state index contributed by atoms with van der Waals surface area (Å²) in [5.74, 6) is 0.870. The molecule has 8 nitrogen and oxygen atoms in total. The standard InChI is InChI=1S/C33H37ClN6O2/c1-37-17-12-32(13-18-37)22-39(23-32)31(41)25-6-4-24(5-7-25)21-29-35-30-28(3-2-16-40(30)36-29)38-19-14-33(42,15-20-38)26-8-10-27(34)11-9-26/h2-11,16,42H,12-15,17-23H2,1H3. The van der Waals surface area contributed by atoms with Gasteiger partial charge in [-0.2, -0.15) is 5.10 Å². The molecule has 3 saturated heterocycles. The monoisotopic (exact) mass is 584 g/mol. The summed E-state index contributed by atoms with van der Waals surface area (Å²) in [7, 11) is 2.18. The van der Waals surface area contributed by atoms with Crippen LogP contribution in [0.4, 0.5) is 5.69 Å². The molecule has 5 heterocycles. The van der Waals surface area contributed by atoms with Crippen molar-refractivity contribution in [2.24, 2.45) is 5.41 Å². The van der Waals surface area contributed by atoms with E-state index in [9.17, 15) is 9.90 Å². The summed E-state index contributed by atoms with van der Waals surface area (Å²) < 4.78 is 1.84. The van der Waals surface area contributed by atoms with E-state index in [1.165, 1.54) is 12.8 Å². The Kier molecular flexibility index (Phi) is 6.95. The Morgan fingerprint density at radius 1 is 0.929 bits per heavy atom. The van der Waals surface area contributed by atoms with Gasteiger partial charge in [0.05, 0.1) is 11.3 Å². The molecule has 4 aromatic rings. The first-order valence-electron chi connectivity index (χ1n) is 14.9. The molecular weight excluding hydrogens is 548 g/mol. The Morgan fingerprint density at radius 3 is 2.31 bits per heavy atom. The van der Waals surface area contributed by atoms with Crippen LogP contribution in [0, 0.1) is 5.41 Å². The third kappa shape index (κ3) is 5.16. The van der Waals surface area contributed by atoms with Crippen molar-refractivity contribution in [2.75, 3.05) is 51.2 Å². The van der Waals surface area contributed by atoms with E-state index >= 15 is 0 Å². The van der Waals surface area contributed by atoms with E-state index in [0.29, 0.717) is 42.8 Å². The van der Waals surface area contributed by atoms with E-state index in [4.69, 9.17) is 21.7 Å². The smallest absolute Gasteiger partial charge is 0.253 e. The largest absolute Gasteiger partial charge is 0.385 e. The fourth-order valence-corrected chi connectivity index (χ4v) is 7.00. The van der Waals surface area contributed by atoms with E-state index < -0.39 is 5.60 Å². The molecule has 0 radical (unpaired) electrons. The zero-order chi connectivity index (χ0) is 28.9. The molecule has 2 aromatic heterocycles. The summed E-state index contributed by atoms with van der Waals surface area (Å²) in [5.41, 5.74) is 4.04. The summed E-state index contributed by atoms with van der Waals surface area (Å²) in [5, 5.41) is 16.7. The van der Waals surface area contributed by atoms with Crippen LogP contribution in [-0.2, 0) is 12.0 Å². The fraction of sp³-hybridized carbons (Fsp3) is 0.424. The molecule has 1 spiro atoms. The Labute approximate surface area is 251 Å². The highest BCUT2D eigenvalue weighted by molar-refractivity contribution is 6.30. The van der Waals surface area contributed by atoms with Gasteiger partial charge in [-0.05, 0) is 93.3 Å². The van der Waals surface area contributed by atoms with Crippen molar-refractivity contribution >= 4 is 28.8 Å². The molecule has 0 unspecified atom stereocenters. The van der Waals surface area contributed by atoms with Gasteiger partial charge < -0.3 is 19.8 Å². The minimum Gasteiger partial charge on any atom is -0.385 e. The number of amides is 1. The van der Waals surface area contributed by atoms with Gasteiger partial charge in [0.15, 0.2) is 11.5 Å². The first-order chi connectivity index (χ1) is 20.3. The predicted molar refractivity (Wildman–Crippen MR) is 164 cm³/mol. The highest BCUT2D eigenvalue weighted by Crippen LogP contribution is 2.41. The minimum absolute atomic E-state index is 0.131. The third-order valence-corrected chi connectivity index (χ3v) is 9.90. The Balaban J connectivity index is 0.999. The van der Waals surface area contributed by atoms with Gasteiger partial charge in [0.2, 0.25) is 0 Å². The second-order valence-electron chi connectivity index (χ2n) is 12.6. The topological polar surface area (TPSA) is 77.2 Å². The molecule has 3 aliphatic heterocycles. The van der Waals surface area contributed by atoms with Crippen molar-refractivity contribution in [3.8, 4) is 0 Å². The van der Waals surface area contributed by atoms with Gasteiger partial charge in [-0.15, -0.1) is 0 Å². The van der Waals surface area contributed by atoms with Gasteiger partial charge in [-0.1, -0.05) is 35.9 Å². The van der Waals surface area contributed by atoms with Crippen molar-refractivity contribution in [2.45, 2.75) is 37.7 Å². The van der Waals surface area contributed by atoms with E-state index in [2.05, 4.69) is 22.9 Å². The van der Waals surface area contributed by atoms with Crippen molar-refractivity contribution in [3.63, 3.8) is 0 Å². The van der Waals surface area contributed by atoms with Crippen LogP contribution >= 0.6 is 11.6 Å². The molecule has 42 heavy (non-hydrogen) atoms. The number of fused-ring (bicyclic) bond motifs is 1. The van der Waals surface area contributed by atoms with Crippen LogP contribution in [0.3, 0.4) is 0 Å². The van der Waals surface area contributed by atoms with Crippen LogP contribution in [0.15, 0.2) is 66.9 Å². The van der Waals surface area contributed by atoms with Crippen molar-refractivity contribution < 1.29 is 9.90 Å². The third-order valence-electron chi connectivity index (χ3n) is 9.65. The number of hydrogen-bond donors (Lipinski definition) is 1. The van der Waals surface area contributed by atoms with Crippen LogP contribution in [0.2, 0.25) is 5.02 Å². The summed E-state index contributed by atoms with van der Waals surface area (Å²) in [6, 6.07) is 19.5. The summed E-state index contributed by atoms with van der Waals surface area (Å²) >= 11 is 6.05. The lowest BCUT2D eigenvalue weighted by Crippen LogP contribution is -2.61. The maximum Gasteiger partial charge on any atom is 0.253 e. The molecule has 0 bridgehead atoms. The second kappa shape index (κ2) is 10.7. The lowest BCUT2D eigenvalue weighted by Gasteiger charge is -2.53.